The summed E-state index contributed by atoms with van der Waals surface area (Å²) >= 11 is 1.55. The van der Waals surface area contributed by atoms with Crippen LogP contribution in [0.1, 0.15) is 55.4 Å². The van der Waals surface area contributed by atoms with Crippen LogP contribution in [0, 0.1) is 5.41 Å². The molecule has 3 nitrogen and oxygen atoms in total. The second-order valence-electron chi connectivity index (χ2n) is 5.86. The van der Waals surface area contributed by atoms with E-state index in [2.05, 4.69) is 30.7 Å². The van der Waals surface area contributed by atoms with Crippen molar-refractivity contribution < 1.29 is 4.79 Å². The molecular weight excluding hydrogens is 244 g/mol. The van der Waals surface area contributed by atoms with Gasteiger partial charge in [0.2, 0.25) is 0 Å². The molecular formula is C14H22N2OS. The number of nitrogens with zero attached hydrogens (tertiary/aromatic N) is 2. The maximum absolute atomic E-state index is 11.1. The summed E-state index contributed by atoms with van der Waals surface area (Å²) in [6.07, 6.45) is 5.39. The fraction of sp³-hybridized carbons (Fsp3) is 0.714. The second kappa shape index (κ2) is 5.39. The standard InChI is InChI=1S/C14H22N2OS/c1-4-6-11-12(9-17)18-13(15-11)16-8-5-7-14(2,3)10-16/h9H,4-8,10H2,1-3H3. The maximum Gasteiger partial charge on any atom is 0.186 e. The average Bonchev–Trinajstić information content (AvgIpc) is 2.71. The van der Waals surface area contributed by atoms with E-state index in [1.54, 1.807) is 11.3 Å². The van der Waals surface area contributed by atoms with Crippen molar-refractivity contribution in [3.63, 3.8) is 0 Å². The molecule has 0 spiro atoms. The number of anilines is 1. The minimum atomic E-state index is 0.357. The van der Waals surface area contributed by atoms with Crippen LogP contribution in [-0.4, -0.2) is 24.4 Å². The van der Waals surface area contributed by atoms with E-state index in [9.17, 15) is 4.79 Å². The number of aromatic nitrogens is 1. The van der Waals surface area contributed by atoms with Gasteiger partial charge in [0.15, 0.2) is 11.4 Å². The number of piperidine rings is 1. The molecule has 0 bridgehead atoms. The lowest BCUT2D eigenvalue weighted by molar-refractivity contribution is 0.112. The van der Waals surface area contributed by atoms with Gasteiger partial charge in [-0.15, -0.1) is 0 Å². The van der Waals surface area contributed by atoms with Gasteiger partial charge < -0.3 is 4.90 Å². The third kappa shape index (κ3) is 2.91. The first-order valence-corrected chi connectivity index (χ1v) is 7.57. The van der Waals surface area contributed by atoms with Crippen LogP contribution < -0.4 is 4.90 Å². The highest BCUT2D eigenvalue weighted by molar-refractivity contribution is 7.17. The van der Waals surface area contributed by atoms with Crippen LogP contribution in [0.5, 0.6) is 0 Å². The van der Waals surface area contributed by atoms with E-state index in [0.717, 1.165) is 47.9 Å². The molecule has 1 aliphatic heterocycles. The van der Waals surface area contributed by atoms with Crippen molar-refractivity contribution in [1.29, 1.82) is 0 Å². The molecule has 100 valence electrons. The highest BCUT2D eigenvalue weighted by atomic mass is 32.1. The molecule has 0 saturated carbocycles. The third-order valence-corrected chi connectivity index (χ3v) is 4.56. The van der Waals surface area contributed by atoms with Gasteiger partial charge in [-0.3, -0.25) is 4.79 Å². The highest BCUT2D eigenvalue weighted by Gasteiger charge is 2.28. The number of hydrogen-bond donors (Lipinski definition) is 0. The minimum Gasteiger partial charge on any atom is -0.348 e. The van der Waals surface area contributed by atoms with Gasteiger partial charge in [-0.2, -0.15) is 0 Å². The van der Waals surface area contributed by atoms with Gasteiger partial charge >= 0.3 is 0 Å². The summed E-state index contributed by atoms with van der Waals surface area (Å²) in [4.78, 5) is 18.9. The fourth-order valence-corrected chi connectivity index (χ4v) is 3.53. The second-order valence-corrected chi connectivity index (χ2v) is 6.87. The number of thiazole rings is 1. The first kappa shape index (κ1) is 13.5. The number of rotatable bonds is 4. The molecule has 0 radical (unpaired) electrons. The van der Waals surface area contributed by atoms with Crippen LogP contribution >= 0.6 is 11.3 Å². The molecule has 1 aromatic heterocycles. The average molecular weight is 266 g/mol. The first-order valence-electron chi connectivity index (χ1n) is 6.75. The van der Waals surface area contributed by atoms with Crippen LogP contribution in [0.25, 0.3) is 0 Å². The molecule has 2 rings (SSSR count). The van der Waals surface area contributed by atoms with E-state index in [-0.39, 0.29) is 0 Å². The summed E-state index contributed by atoms with van der Waals surface area (Å²) in [5.41, 5.74) is 1.34. The normalized spacial score (nSPS) is 18.9. The maximum atomic E-state index is 11.1. The zero-order chi connectivity index (χ0) is 13.2. The summed E-state index contributed by atoms with van der Waals surface area (Å²) in [6.45, 7) is 8.85. The number of carbonyl (C=O) groups excluding carboxylic acids is 1. The van der Waals surface area contributed by atoms with Crippen molar-refractivity contribution in [3.8, 4) is 0 Å². The molecule has 0 aromatic carbocycles. The molecule has 0 unspecified atom stereocenters. The molecule has 1 aromatic rings. The monoisotopic (exact) mass is 266 g/mol. The van der Waals surface area contributed by atoms with Crippen LogP contribution in [0.3, 0.4) is 0 Å². The smallest absolute Gasteiger partial charge is 0.186 e. The summed E-state index contributed by atoms with van der Waals surface area (Å²) in [7, 11) is 0. The van der Waals surface area contributed by atoms with Gasteiger partial charge in [-0.25, -0.2) is 4.98 Å². The van der Waals surface area contributed by atoms with Crippen molar-refractivity contribution in [3.05, 3.63) is 10.6 Å². The van der Waals surface area contributed by atoms with E-state index in [1.807, 2.05) is 0 Å². The molecule has 4 heteroatoms. The number of aryl methyl sites for hydroxylation is 1. The lowest BCUT2D eigenvalue weighted by Crippen LogP contribution is -2.40. The Labute approximate surface area is 113 Å². The molecule has 0 atom stereocenters. The first-order chi connectivity index (χ1) is 8.55. The molecule has 0 aliphatic carbocycles. The van der Waals surface area contributed by atoms with Gasteiger partial charge in [0.05, 0.1) is 10.6 Å². The number of aldehydes is 1. The van der Waals surface area contributed by atoms with Crippen molar-refractivity contribution in [2.75, 3.05) is 18.0 Å². The summed E-state index contributed by atoms with van der Waals surface area (Å²) in [5.74, 6) is 0. The molecule has 0 N–H and O–H groups in total. The van der Waals surface area contributed by atoms with Crippen LogP contribution in [-0.2, 0) is 6.42 Å². The van der Waals surface area contributed by atoms with Crippen molar-refractivity contribution in [2.24, 2.45) is 5.41 Å². The topological polar surface area (TPSA) is 33.2 Å². The van der Waals surface area contributed by atoms with Crippen molar-refractivity contribution >= 4 is 22.8 Å². The van der Waals surface area contributed by atoms with Gasteiger partial charge in [-0.1, -0.05) is 38.5 Å². The van der Waals surface area contributed by atoms with E-state index in [4.69, 9.17) is 0 Å². The van der Waals surface area contributed by atoms with Gasteiger partial charge in [0.1, 0.15) is 0 Å². The number of carbonyl (C=O) groups is 1. The predicted molar refractivity (Wildman–Crippen MR) is 76.7 cm³/mol. The summed E-state index contributed by atoms with van der Waals surface area (Å²) in [5, 5.41) is 1.04. The summed E-state index contributed by atoms with van der Waals surface area (Å²) in [6, 6.07) is 0. The molecule has 1 fully saturated rings. The quantitative estimate of drug-likeness (QED) is 0.782. The number of hydrogen-bond acceptors (Lipinski definition) is 4. The Morgan fingerprint density at radius 1 is 1.50 bits per heavy atom. The Morgan fingerprint density at radius 2 is 2.28 bits per heavy atom. The Bertz CT molecular complexity index is 425. The van der Waals surface area contributed by atoms with Crippen LogP contribution in [0.2, 0.25) is 0 Å². The molecule has 18 heavy (non-hydrogen) atoms. The minimum absolute atomic E-state index is 0.357. The van der Waals surface area contributed by atoms with Crippen molar-refractivity contribution in [1.82, 2.24) is 4.98 Å². The fourth-order valence-electron chi connectivity index (χ4n) is 2.58. The predicted octanol–water partition coefficient (Wildman–Crippen LogP) is 3.53. The SMILES string of the molecule is CCCc1nc(N2CCCC(C)(C)C2)sc1C=O. The van der Waals surface area contributed by atoms with Gasteiger partial charge in [0.25, 0.3) is 0 Å². The van der Waals surface area contributed by atoms with E-state index in [1.165, 1.54) is 12.8 Å². The molecule has 1 aliphatic rings. The third-order valence-electron chi connectivity index (χ3n) is 3.48. The lowest BCUT2D eigenvalue weighted by Gasteiger charge is -2.37. The van der Waals surface area contributed by atoms with Crippen molar-refractivity contribution in [2.45, 2.75) is 46.5 Å². The van der Waals surface area contributed by atoms with Crippen LogP contribution in [0.15, 0.2) is 0 Å². The Morgan fingerprint density at radius 3 is 2.89 bits per heavy atom. The zero-order valence-corrected chi connectivity index (χ0v) is 12.3. The molecule has 1 saturated heterocycles. The zero-order valence-electron chi connectivity index (χ0n) is 11.5. The van der Waals surface area contributed by atoms with E-state index >= 15 is 0 Å². The van der Waals surface area contributed by atoms with E-state index < -0.39 is 0 Å². The van der Waals surface area contributed by atoms with Gasteiger partial charge in [-0.05, 0) is 24.7 Å². The Kier molecular flexibility index (Phi) is 4.05. The Hall–Kier alpha value is -0.900. The van der Waals surface area contributed by atoms with Gasteiger partial charge in [0, 0.05) is 13.1 Å². The van der Waals surface area contributed by atoms with E-state index in [0.29, 0.717) is 5.41 Å². The van der Waals surface area contributed by atoms with Crippen LogP contribution in [0.4, 0.5) is 5.13 Å². The lowest BCUT2D eigenvalue weighted by atomic mass is 9.84. The Balaban J connectivity index is 2.20. The highest BCUT2D eigenvalue weighted by Crippen LogP contribution is 2.34. The molecule has 0 amide bonds. The summed E-state index contributed by atoms with van der Waals surface area (Å²) < 4.78 is 0. The largest absolute Gasteiger partial charge is 0.348 e. The molecule has 2 heterocycles.